The molecule has 1 aliphatic heterocycles. The SMILES string of the molecule is CN1C=CC(O)(c2ccc3sccc3c2)O1. The van der Waals surface area contributed by atoms with Gasteiger partial charge in [0.15, 0.2) is 0 Å². The van der Waals surface area contributed by atoms with Crippen molar-refractivity contribution >= 4 is 21.4 Å². The van der Waals surface area contributed by atoms with E-state index in [2.05, 4.69) is 0 Å². The van der Waals surface area contributed by atoms with Crippen molar-refractivity contribution in [2.45, 2.75) is 5.79 Å². The van der Waals surface area contributed by atoms with E-state index < -0.39 is 5.79 Å². The molecule has 0 amide bonds. The van der Waals surface area contributed by atoms with Gasteiger partial charge in [-0.1, -0.05) is 6.07 Å². The second-order valence-corrected chi connectivity index (χ2v) is 4.77. The Hall–Kier alpha value is -1.36. The minimum Gasteiger partial charge on any atom is -0.357 e. The van der Waals surface area contributed by atoms with Crippen LogP contribution in [0.5, 0.6) is 0 Å². The van der Waals surface area contributed by atoms with Crippen molar-refractivity contribution < 1.29 is 9.94 Å². The molecule has 1 aliphatic rings. The number of benzene rings is 1. The normalized spacial score (nSPS) is 24.5. The van der Waals surface area contributed by atoms with E-state index in [9.17, 15) is 5.11 Å². The summed E-state index contributed by atoms with van der Waals surface area (Å²) < 4.78 is 1.21. The van der Waals surface area contributed by atoms with Crippen molar-refractivity contribution in [3.8, 4) is 0 Å². The smallest absolute Gasteiger partial charge is 0.238 e. The molecule has 2 aromatic rings. The Balaban J connectivity index is 2.09. The average Bonchev–Trinajstić information content (AvgIpc) is 2.84. The molecule has 82 valence electrons. The Bertz CT molecular complexity index is 563. The number of nitrogens with zero attached hydrogens (tertiary/aromatic N) is 1. The molecule has 16 heavy (non-hydrogen) atoms. The summed E-state index contributed by atoms with van der Waals surface area (Å²) in [7, 11) is 1.75. The van der Waals surface area contributed by atoms with Gasteiger partial charge in [0, 0.05) is 23.5 Å². The molecule has 2 heterocycles. The van der Waals surface area contributed by atoms with Gasteiger partial charge < -0.3 is 5.11 Å². The van der Waals surface area contributed by atoms with Crippen LogP contribution in [0.3, 0.4) is 0 Å². The van der Waals surface area contributed by atoms with Crippen LogP contribution >= 0.6 is 11.3 Å². The number of fused-ring (bicyclic) bond motifs is 1. The Kier molecular flexibility index (Phi) is 2.04. The lowest BCUT2D eigenvalue weighted by Gasteiger charge is -2.22. The summed E-state index contributed by atoms with van der Waals surface area (Å²) in [5.41, 5.74) is 0.749. The zero-order chi connectivity index (χ0) is 11.2. The zero-order valence-corrected chi connectivity index (χ0v) is 9.57. The first-order valence-corrected chi connectivity index (χ1v) is 5.87. The van der Waals surface area contributed by atoms with Gasteiger partial charge in [0.25, 0.3) is 0 Å². The molecule has 1 N–H and O–H groups in total. The number of hydroxylamine groups is 2. The minimum absolute atomic E-state index is 0.749. The molecular formula is C12H11NO2S. The fraction of sp³-hybridized carbons (Fsp3) is 0.167. The molecule has 0 radical (unpaired) electrons. The lowest BCUT2D eigenvalue weighted by atomic mass is 10.0. The number of hydrogen-bond acceptors (Lipinski definition) is 4. The first-order valence-electron chi connectivity index (χ1n) is 4.99. The van der Waals surface area contributed by atoms with E-state index in [1.807, 2.05) is 29.6 Å². The molecule has 1 atom stereocenters. The van der Waals surface area contributed by atoms with Gasteiger partial charge in [-0.3, -0.25) is 5.06 Å². The molecular weight excluding hydrogens is 222 g/mol. The topological polar surface area (TPSA) is 32.7 Å². The molecule has 1 unspecified atom stereocenters. The summed E-state index contributed by atoms with van der Waals surface area (Å²) in [6.07, 6.45) is 3.35. The summed E-state index contributed by atoms with van der Waals surface area (Å²) in [5.74, 6) is -1.33. The predicted octanol–water partition coefficient (Wildman–Crippen LogP) is 2.44. The Morgan fingerprint density at radius 1 is 1.38 bits per heavy atom. The summed E-state index contributed by atoms with van der Waals surface area (Å²) in [5, 5.41) is 14.9. The standard InChI is InChI=1S/C12H11NO2S/c1-13-6-5-12(14,15-13)10-2-3-11-9(8-10)4-7-16-11/h2-8,14H,1H3. The van der Waals surface area contributed by atoms with Crippen molar-refractivity contribution in [2.24, 2.45) is 0 Å². The van der Waals surface area contributed by atoms with Gasteiger partial charge in [-0.15, -0.1) is 11.3 Å². The number of thiophene rings is 1. The van der Waals surface area contributed by atoms with E-state index in [4.69, 9.17) is 4.84 Å². The van der Waals surface area contributed by atoms with Crippen LogP contribution in [0.25, 0.3) is 10.1 Å². The maximum absolute atomic E-state index is 10.3. The van der Waals surface area contributed by atoms with Crippen LogP contribution in [-0.2, 0) is 10.6 Å². The molecule has 0 aliphatic carbocycles. The average molecular weight is 233 g/mol. The van der Waals surface area contributed by atoms with E-state index in [1.165, 1.54) is 9.76 Å². The predicted molar refractivity (Wildman–Crippen MR) is 63.7 cm³/mol. The van der Waals surface area contributed by atoms with Crippen LogP contribution in [0.1, 0.15) is 5.56 Å². The molecule has 3 rings (SSSR count). The van der Waals surface area contributed by atoms with E-state index >= 15 is 0 Å². The maximum Gasteiger partial charge on any atom is 0.238 e. The Morgan fingerprint density at radius 3 is 3.00 bits per heavy atom. The monoisotopic (exact) mass is 233 g/mol. The molecule has 3 nitrogen and oxygen atoms in total. The first kappa shape index (κ1) is 9.84. The molecule has 4 heteroatoms. The van der Waals surface area contributed by atoms with E-state index in [-0.39, 0.29) is 0 Å². The van der Waals surface area contributed by atoms with Gasteiger partial charge in [-0.25, -0.2) is 4.84 Å². The molecule has 0 saturated carbocycles. The highest BCUT2D eigenvalue weighted by Gasteiger charge is 2.33. The van der Waals surface area contributed by atoms with Gasteiger partial charge >= 0.3 is 0 Å². The van der Waals surface area contributed by atoms with Crippen molar-refractivity contribution in [1.82, 2.24) is 5.06 Å². The lowest BCUT2D eigenvalue weighted by Crippen LogP contribution is -2.27. The van der Waals surface area contributed by atoms with Gasteiger partial charge in [0.1, 0.15) is 0 Å². The molecule has 0 saturated heterocycles. The Morgan fingerprint density at radius 2 is 2.25 bits per heavy atom. The van der Waals surface area contributed by atoms with E-state index in [0.29, 0.717) is 0 Å². The van der Waals surface area contributed by atoms with Crippen molar-refractivity contribution in [2.75, 3.05) is 7.05 Å². The molecule has 0 spiro atoms. The second-order valence-electron chi connectivity index (χ2n) is 3.82. The number of aliphatic hydroxyl groups is 1. The third-order valence-electron chi connectivity index (χ3n) is 2.66. The fourth-order valence-electron chi connectivity index (χ4n) is 1.82. The van der Waals surface area contributed by atoms with Gasteiger partial charge in [0.05, 0.1) is 0 Å². The molecule has 1 aromatic carbocycles. The summed E-state index contributed by atoms with van der Waals surface area (Å²) in [6.45, 7) is 0. The summed E-state index contributed by atoms with van der Waals surface area (Å²) in [6, 6.07) is 7.88. The third kappa shape index (κ3) is 1.43. The van der Waals surface area contributed by atoms with Crippen molar-refractivity contribution in [1.29, 1.82) is 0 Å². The van der Waals surface area contributed by atoms with Crippen molar-refractivity contribution in [3.63, 3.8) is 0 Å². The highest BCUT2D eigenvalue weighted by Crippen LogP contribution is 2.32. The van der Waals surface area contributed by atoms with Crippen LogP contribution in [0.15, 0.2) is 41.9 Å². The van der Waals surface area contributed by atoms with Gasteiger partial charge in [0.2, 0.25) is 5.79 Å². The molecule has 0 bridgehead atoms. The first-order chi connectivity index (χ1) is 7.67. The van der Waals surface area contributed by atoms with E-state index in [0.717, 1.165) is 10.9 Å². The molecule has 0 fully saturated rings. The fourth-order valence-corrected chi connectivity index (χ4v) is 2.60. The van der Waals surface area contributed by atoms with Crippen LogP contribution in [0.2, 0.25) is 0 Å². The largest absolute Gasteiger partial charge is 0.357 e. The van der Waals surface area contributed by atoms with Crippen LogP contribution in [0, 0.1) is 0 Å². The van der Waals surface area contributed by atoms with Gasteiger partial charge in [-0.05, 0) is 35.0 Å². The summed E-state index contributed by atoms with van der Waals surface area (Å²) >= 11 is 1.69. The van der Waals surface area contributed by atoms with Crippen molar-refractivity contribution in [3.05, 3.63) is 47.5 Å². The number of hydrogen-bond donors (Lipinski definition) is 1. The highest BCUT2D eigenvalue weighted by atomic mass is 32.1. The van der Waals surface area contributed by atoms with Gasteiger partial charge in [-0.2, -0.15) is 0 Å². The molecule has 1 aromatic heterocycles. The van der Waals surface area contributed by atoms with Crippen LogP contribution in [-0.4, -0.2) is 17.2 Å². The summed E-state index contributed by atoms with van der Waals surface area (Å²) in [4.78, 5) is 5.34. The Labute approximate surface area is 97.1 Å². The lowest BCUT2D eigenvalue weighted by molar-refractivity contribution is -0.267. The maximum atomic E-state index is 10.3. The second kappa shape index (κ2) is 3.31. The van der Waals surface area contributed by atoms with E-state index in [1.54, 1.807) is 30.7 Å². The quantitative estimate of drug-likeness (QED) is 0.821. The van der Waals surface area contributed by atoms with Crippen LogP contribution in [0.4, 0.5) is 0 Å². The zero-order valence-electron chi connectivity index (χ0n) is 8.75. The van der Waals surface area contributed by atoms with Crippen LogP contribution < -0.4 is 0 Å². The highest BCUT2D eigenvalue weighted by molar-refractivity contribution is 7.17. The minimum atomic E-state index is -1.33. The number of rotatable bonds is 1. The third-order valence-corrected chi connectivity index (χ3v) is 3.56.